The van der Waals surface area contributed by atoms with Crippen molar-refractivity contribution in [2.75, 3.05) is 19.6 Å². The number of carbonyl (C=O) groups is 2. The van der Waals surface area contributed by atoms with Gasteiger partial charge in [0.1, 0.15) is 17.5 Å². The molecule has 4 rings (SSSR count). The SMILES string of the molecule is CCNC(=O)N1CCc2cc(F)c(C(=O)NC3(C)C=CC=C(C(=N)N4CCCC4=N)C3)cc2C1.[HH].[HH]. The van der Waals surface area contributed by atoms with Crippen molar-refractivity contribution in [2.45, 2.75) is 51.6 Å². The molecule has 2 heterocycles. The van der Waals surface area contributed by atoms with Crippen LogP contribution in [-0.2, 0) is 13.0 Å². The summed E-state index contributed by atoms with van der Waals surface area (Å²) >= 11 is 0. The first-order chi connectivity index (χ1) is 16.2. The molecule has 34 heavy (non-hydrogen) atoms. The van der Waals surface area contributed by atoms with Crippen LogP contribution in [0.1, 0.15) is 57.4 Å². The molecule has 0 aromatic heterocycles. The Balaban J connectivity index is 0.00000228. The van der Waals surface area contributed by atoms with Crippen molar-refractivity contribution in [1.29, 1.82) is 10.8 Å². The Bertz CT molecular complexity index is 1120. The molecule has 4 N–H and O–H groups in total. The third-order valence-electron chi connectivity index (χ3n) is 6.57. The van der Waals surface area contributed by atoms with Gasteiger partial charge in [0, 0.05) is 41.9 Å². The lowest BCUT2D eigenvalue weighted by Gasteiger charge is -2.33. The van der Waals surface area contributed by atoms with Crippen LogP contribution < -0.4 is 10.6 Å². The van der Waals surface area contributed by atoms with E-state index in [1.54, 1.807) is 21.9 Å². The summed E-state index contributed by atoms with van der Waals surface area (Å²) in [5.41, 5.74) is 1.44. The number of amidine groups is 2. The van der Waals surface area contributed by atoms with Crippen molar-refractivity contribution in [3.63, 3.8) is 0 Å². The zero-order valence-corrected chi connectivity index (χ0v) is 19.6. The maximum Gasteiger partial charge on any atom is 0.317 e. The van der Waals surface area contributed by atoms with E-state index in [1.165, 1.54) is 6.07 Å². The molecule has 9 heteroatoms. The monoisotopic (exact) mass is 470 g/mol. The number of urea groups is 1. The summed E-state index contributed by atoms with van der Waals surface area (Å²) in [6, 6.07) is 2.78. The van der Waals surface area contributed by atoms with Crippen molar-refractivity contribution in [3.8, 4) is 0 Å². The van der Waals surface area contributed by atoms with E-state index in [0.717, 1.165) is 23.1 Å². The summed E-state index contributed by atoms with van der Waals surface area (Å²) in [7, 11) is 0. The lowest BCUT2D eigenvalue weighted by Crippen LogP contribution is -2.47. The molecule has 0 radical (unpaired) electrons. The Morgan fingerprint density at radius 1 is 1.24 bits per heavy atom. The summed E-state index contributed by atoms with van der Waals surface area (Å²) in [4.78, 5) is 28.7. The second kappa shape index (κ2) is 9.40. The molecule has 184 valence electrons. The van der Waals surface area contributed by atoms with Gasteiger partial charge in [0.2, 0.25) is 0 Å². The second-order valence-electron chi connectivity index (χ2n) is 9.26. The van der Waals surface area contributed by atoms with Crippen LogP contribution in [0.3, 0.4) is 0 Å². The van der Waals surface area contributed by atoms with Crippen molar-refractivity contribution in [1.82, 2.24) is 20.4 Å². The number of likely N-dealkylation sites (tertiary alicyclic amines) is 1. The molecular weight excluding hydrogens is 435 g/mol. The predicted molar refractivity (Wildman–Crippen MR) is 133 cm³/mol. The Hall–Kier alpha value is -3.49. The van der Waals surface area contributed by atoms with E-state index in [2.05, 4.69) is 10.6 Å². The van der Waals surface area contributed by atoms with Gasteiger partial charge in [0.05, 0.1) is 11.1 Å². The number of amides is 3. The molecule has 2 aliphatic heterocycles. The minimum Gasteiger partial charge on any atom is -0.343 e. The van der Waals surface area contributed by atoms with E-state index < -0.39 is 17.3 Å². The van der Waals surface area contributed by atoms with Crippen LogP contribution in [-0.4, -0.2) is 58.6 Å². The number of carbonyl (C=O) groups excluding carboxylic acids is 2. The fourth-order valence-electron chi connectivity index (χ4n) is 4.75. The third-order valence-corrected chi connectivity index (χ3v) is 6.57. The normalized spacial score (nSPS) is 21.7. The first-order valence-corrected chi connectivity index (χ1v) is 11.7. The maximum absolute atomic E-state index is 14.9. The highest BCUT2D eigenvalue weighted by atomic mass is 19.1. The van der Waals surface area contributed by atoms with Gasteiger partial charge in [-0.3, -0.25) is 15.6 Å². The number of nitrogens with one attached hydrogen (secondary N) is 4. The summed E-state index contributed by atoms with van der Waals surface area (Å²) in [6.07, 6.45) is 7.88. The molecule has 1 aromatic rings. The molecule has 1 fully saturated rings. The molecule has 3 aliphatic rings. The third kappa shape index (κ3) is 4.73. The molecule has 1 aromatic carbocycles. The van der Waals surface area contributed by atoms with Gasteiger partial charge in [-0.1, -0.05) is 18.2 Å². The minimum absolute atomic E-state index is 0. The van der Waals surface area contributed by atoms with Crippen LogP contribution in [0, 0.1) is 16.6 Å². The van der Waals surface area contributed by atoms with E-state index in [4.69, 9.17) is 10.8 Å². The van der Waals surface area contributed by atoms with Gasteiger partial charge >= 0.3 is 6.03 Å². The van der Waals surface area contributed by atoms with Gasteiger partial charge in [-0.05, 0) is 55.5 Å². The standard InChI is InChI=1S/C25H31FN6O2.2H2/c1-3-29-24(34)31-11-8-16-13-20(26)19(12-18(16)15-31)23(33)30-25(2)9-4-6-17(14-25)22(28)32-10-5-7-21(32)27;;/h4,6,9,12-13,27-28H,3,5,7-8,10-11,14-15H2,1-2H3,(H,29,34)(H,30,33);2*1H. The average Bonchev–Trinajstić information content (AvgIpc) is 3.23. The second-order valence-corrected chi connectivity index (χ2v) is 9.26. The Labute approximate surface area is 201 Å². The molecule has 1 aliphatic carbocycles. The Morgan fingerprint density at radius 3 is 2.74 bits per heavy atom. The van der Waals surface area contributed by atoms with Crippen LogP contribution >= 0.6 is 0 Å². The van der Waals surface area contributed by atoms with Gasteiger partial charge in [-0.25, -0.2) is 9.18 Å². The molecule has 0 saturated carbocycles. The van der Waals surface area contributed by atoms with Crippen LogP contribution in [0.2, 0.25) is 0 Å². The van der Waals surface area contributed by atoms with Gasteiger partial charge in [-0.2, -0.15) is 0 Å². The molecule has 0 bridgehead atoms. The molecular formula is C25H35FN6O2. The van der Waals surface area contributed by atoms with Crippen LogP contribution in [0.25, 0.3) is 0 Å². The van der Waals surface area contributed by atoms with Crippen molar-refractivity contribution >= 4 is 23.6 Å². The molecule has 1 unspecified atom stereocenters. The topological polar surface area (TPSA) is 112 Å². The molecule has 1 atom stereocenters. The highest BCUT2D eigenvalue weighted by Gasteiger charge is 2.32. The van der Waals surface area contributed by atoms with Crippen molar-refractivity contribution in [3.05, 3.63) is 58.4 Å². The van der Waals surface area contributed by atoms with Crippen LogP contribution in [0.5, 0.6) is 0 Å². The Kier molecular flexibility index (Phi) is 6.54. The zero-order chi connectivity index (χ0) is 24.5. The summed E-state index contributed by atoms with van der Waals surface area (Å²) in [6.45, 7) is 5.69. The maximum atomic E-state index is 14.9. The van der Waals surface area contributed by atoms with Gasteiger partial charge in [-0.15, -0.1) is 0 Å². The summed E-state index contributed by atoms with van der Waals surface area (Å²) in [5, 5.41) is 22.3. The van der Waals surface area contributed by atoms with Crippen LogP contribution in [0.4, 0.5) is 9.18 Å². The molecule has 0 spiro atoms. The van der Waals surface area contributed by atoms with E-state index in [9.17, 15) is 14.0 Å². The average molecular weight is 471 g/mol. The lowest BCUT2D eigenvalue weighted by molar-refractivity contribution is 0.0918. The largest absolute Gasteiger partial charge is 0.343 e. The first kappa shape index (κ1) is 23.7. The number of benzene rings is 1. The number of hydrogen-bond donors (Lipinski definition) is 4. The fraction of sp³-hybridized carbons (Fsp3) is 0.440. The van der Waals surface area contributed by atoms with E-state index in [0.29, 0.717) is 51.3 Å². The van der Waals surface area contributed by atoms with Crippen molar-refractivity contribution < 1.29 is 16.8 Å². The van der Waals surface area contributed by atoms with Crippen molar-refractivity contribution in [2.24, 2.45) is 0 Å². The fourth-order valence-corrected chi connectivity index (χ4v) is 4.75. The molecule has 3 amide bonds. The zero-order valence-electron chi connectivity index (χ0n) is 19.6. The number of rotatable bonds is 4. The lowest BCUT2D eigenvalue weighted by atomic mass is 9.87. The number of fused-ring (bicyclic) bond motifs is 1. The summed E-state index contributed by atoms with van der Waals surface area (Å²) < 4.78 is 14.9. The highest BCUT2D eigenvalue weighted by Crippen LogP contribution is 2.28. The number of allylic oxidation sites excluding steroid dienone is 2. The van der Waals surface area contributed by atoms with E-state index in [1.807, 2.05) is 26.0 Å². The van der Waals surface area contributed by atoms with Gasteiger partial charge < -0.3 is 20.4 Å². The predicted octanol–water partition coefficient (Wildman–Crippen LogP) is 3.83. The first-order valence-electron chi connectivity index (χ1n) is 11.7. The van der Waals surface area contributed by atoms with E-state index >= 15 is 0 Å². The minimum atomic E-state index is -0.801. The van der Waals surface area contributed by atoms with Gasteiger partial charge in [0.25, 0.3) is 5.91 Å². The van der Waals surface area contributed by atoms with Crippen LogP contribution in [0.15, 0.2) is 35.9 Å². The number of nitrogens with zero attached hydrogens (tertiary/aromatic N) is 2. The number of hydrogen-bond acceptors (Lipinski definition) is 4. The smallest absolute Gasteiger partial charge is 0.317 e. The van der Waals surface area contributed by atoms with Gasteiger partial charge in [0.15, 0.2) is 0 Å². The molecule has 8 nitrogen and oxygen atoms in total. The molecule has 1 saturated heterocycles. The number of halogens is 1. The summed E-state index contributed by atoms with van der Waals surface area (Å²) in [5.74, 6) is -0.411. The quantitative estimate of drug-likeness (QED) is 0.396. The highest BCUT2D eigenvalue weighted by molar-refractivity contribution is 6.08. The van der Waals surface area contributed by atoms with E-state index in [-0.39, 0.29) is 20.3 Å². The Morgan fingerprint density at radius 2 is 2.03 bits per heavy atom.